The van der Waals surface area contributed by atoms with Crippen molar-refractivity contribution in [2.75, 3.05) is 4.90 Å². The van der Waals surface area contributed by atoms with Crippen LogP contribution in [0.3, 0.4) is 0 Å². The lowest BCUT2D eigenvalue weighted by Crippen LogP contribution is -2.17. The van der Waals surface area contributed by atoms with E-state index in [0.29, 0.717) is 0 Å². The topological polar surface area (TPSA) is 3.24 Å². The summed E-state index contributed by atoms with van der Waals surface area (Å²) in [5, 5.41) is 0. The van der Waals surface area contributed by atoms with Gasteiger partial charge in [0.25, 0.3) is 0 Å². The first-order valence-electron chi connectivity index (χ1n) is 21.9. The second kappa shape index (κ2) is 13.7. The Bertz CT molecular complexity index is 2640. The third-order valence-electron chi connectivity index (χ3n) is 13.9. The Morgan fingerprint density at radius 1 is 0.350 bits per heavy atom. The maximum Gasteiger partial charge on any atom is 0.0474 e. The highest BCUT2D eigenvalue weighted by atomic mass is 15.1. The van der Waals surface area contributed by atoms with Crippen molar-refractivity contribution < 1.29 is 0 Å². The molecule has 0 bridgehead atoms. The van der Waals surface area contributed by atoms with Crippen LogP contribution in [0.5, 0.6) is 0 Å². The van der Waals surface area contributed by atoms with Crippen LogP contribution in [-0.4, -0.2) is 0 Å². The van der Waals surface area contributed by atoms with Gasteiger partial charge >= 0.3 is 0 Å². The minimum atomic E-state index is -0.125. The van der Waals surface area contributed by atoms with E-state index in [1.165, 1.54) is 94.6 Å². The second-order valence-corrected chi connectivity index (χ2v) is 21.0. The summed E-state index contributed by atoms with van der Waals surface area (Å²) in [6, 6.07) is 51.7. The Labute approximate surface area is 360 Å². The Morgan fingerprint density at radius 2 is 0.683 bits per heavy atom. The Morgan fingerprint density at radius 3 is 1.03 bits per heavy atom. The van der Waals surface area contributed by atoms with Crippen molar-refractivity contribution in [1.82, 2.24) is 0 Å². The fourth-order valence-corrected chi connectivity index (χ4v) is 10.0. The van der Waals surface area contributed by atoms with Crippen molar-refractivity contribution in [3.63, 3.8) is 0 Å². The zero-order valence-corrected chi connectivity index (χ0v) is 38.1. The first-order valence-corrected chi connectivity index (χ1v) is 21.9. The van der Waals surface area contributed by atoms with E-state index in [9.17, 15) is 0 Å². The third-order valence-corrected chi connectivity index (χ3v) is 13.9. The summed E-state index contributed by atoms with van der Waals surface area (Å²) in [6.45, 7) is 30.2. The van der Waals surface area contributed by atoms with Crippen molar-refractivity contribution in [3.8, 4) is 44.5 Å². The van der Waals surface area contributed by atoms with Gasteiger partial charge in [0.2, 0.25) is 0 Å². The maximum atomic E-state index is 2.50. The Balaban J connectivity index is 1.26. The molecule has 0 unspecified atom stereocenters. The standard InChI is InChI=1S/C59H61N/c1-36-14-22-43(23-15-36)60(44-24-16-37(2)17-25-44)45-34-50(39-18-26-46-48-28-20-41(56(4,5)6)32-54(48)58(10,11)52(46)30-39)38(3)51(35-45)40-19-27-47-49-29-21-42(57(7,8)9)33-55(49)59(12,13)53(47)31-40/h14-35H,1-13H3. The quantitative estimate of drug-likeness (QED) is 0.168. The van der Waals surface area contributed by atoms with Gasteiger partial charge in [-0.1, -0.05) is 165 Å². The average Bonchev–Trinajstić information content (AvgIpc) is 3.57. The number of hydrogen-bond donors (Lipinski definition) is 0. The average molecular weight is 784 g/mol. The van der Waals surface area contributed by atoms with Crippen molar-refractivity contribution in [1.29, 1.82) is 0 Å². The zero-order valence-electron chi connectivity index (χ0n) is 38.1. The summed E-state index contributed by atoms with van der Waals surface area (Å²) >= 11 is 0. The number of benzene rings is 7. The van der Waals surface area contributed by atoms with E-state index in [-0.39, 0.29) is 21.7 Å². The van der Waals surface area contributed by atoms with Gasteiger partial charge in [-0.15, -0.1) is 0 Å². The van der Waals surface area contributed by atoms with Gasteiger partial charge < -0.3 is 4.90 Å². The normalized spacial score (nSPS) is 14.7. The molecule has 0 spiro atoms. The van der Waals surface area contributed by atoms with Gasteiger partial charge in [0.15, 0.2) is 0 Å². The predicted molar refractivity (Wildman–Crippen MR) is 259 cm³/mol. The first kappa shape index (κ1) is 39.8. The summed E-state index contributed by atoms with van der Waals surface area (Å²) in [6.07, 6.45) is 0. The van der Waals surface area contributed by atoms with Gasteiger partial charge in [-0.2, -0.15) is 0 Å². The number of rotatable bonds is 5. The number of aryl methyl sites for hydroxylation is 2. The van der Waals surface area contributed by atoms with Crippen LogP contribution in [0.15, 0.2) is 133 Å². The van der Waals surface area contributed by atoms with Gasteiger partial charge in [-0.25, -0.2) is 0 Å². The lowest BCUT2D eigenvalue weighted by molar-refractivity contribution is 0.584. The van der Waals surface area contributed by atoms with Gasteiger partial charge in [0, 0.05) is 27.9 Å². The molecular weight excluding hydrogens is 723 g/mol. The molecule has 0 fully saturated rings. The van der Waals surface area contributed by atoms with Gasteiger partial charge in [-0.05, 0) is 164 Å². The molecule has 2 aliphatic rings. The van der Waals surface area contributed by atoms with Crippen LogP contribution in [0.2, 0.25) is 0 Å². The van der Waals surface area contributed by atoms with E-state index in [4.69, 9.17) is 0 Å². The summed E-state index contributed by atoms with van der Waals surface area (Å²) < 4.78 is 0. The molecule has 7 aromatic carbocycles. The Kier molecular flexibility index (Phi) is 9.07. The molecule has 9 rings (SSSR count). The van der Waals surface area contributed by atoms with E-state index in [1.807, 2.05) is 0 Å². The molecule has 1 heteroatoms. The van der Waals surface area contributed by atoms with Gasteiger partial charge in [-0.3, -0.25) is 0 Å². The fourth-order valence-electron chi connectivity index (χ4n) is 10.0. The van der Waals surface area contributed by atoms with E-state index >= 15 is 0 Å². The smallest absolute Gasteiger partial charge is 0.0474 e. The molecule has 0 N–H and O–H groups in total. The lowest BCUT2D eigenvalue weighted by Gasteiger charge is -2.29. The molecule has 7 aromatic rings. The van der Waals surface area contributed by atoms with Crippen LogP contribution >= 0.6 is 0 Å². The molecule has 60 heavy (non-hydrogen) atoms. The fraction of sp³-hybridized carbons (Fsp3) is 0.288. The zero-order chi connectivity index (χ0) is 42.7. The Hall–Kier alpha value is -5.66. The monoisotopic (exact) mass is 783 g/mol. The SMILES string of the molecule is Cc1ccc(N(c2ccc(C)cc2)c2cc(-c3ccc4c(c3)C(C)(C)c3cc(C(C)(C)C)ccc3-4)c(C)c(-c3ccc4c(c3)C(C)(C)c3cc(C(C)(C)C)ccc3-4)c2)cc1. The third kappa shape index (κ3) is 6.44. The molecule has 1 nitrogen and oxygen atoms in total. The van der Waals surface area contributed by atoms with E-state index in [1.54, 1.807) is 0 Å². The molecule has 0 aliphatic heterocycles. The van der Waals surface area contributed by atoms with Crippen molar-refractivity contribution in [2.24, 2.45) is 0 Å². The molecular formula is C59H61N. The molecule has 0 radical (unpaired) electrons. The number of hydrogen-bond acceptors (Lipinski definition) is 1. The maximum absolute atomic E-state index is 2.50. The molecule has 0 saturated carbocycles. The van der Waals surface area contributed by atoms with Crippen LogP contribution in [0.4, 0.5) is 17.1 Å². The highest BCUT2D eigenvalue weighted by Gasteiger charge is 2.38. The van der Waals surface area contributed by atoms with Crippen molar-refractivity contribution in [3.05, 3.63) is 184 Å². The predicted octanol–water partition coefficient (Wildman–Crippen LogP) is 16.6. The first-order chi connectivity index (χ1) is 28.2. The molecule has 2 aliphatic carbocycles. The summed E-state index contributed by atoms with van der Waals surface area (Å²) in [4.78, 5) is 2.44. The van der Waals surface area contributed by atoms with E-state index in [0.717, 1.165) is 17.1 Å². The van der Waals surface area contributed by atoms with E-state index in [2.05, 4.69) is 228 Å². The molecule has 0 heterocycles. The molecule has 0 atom stereocenters. The summed E-state index contributed by atoms with van der Waals surface area (Å²) in [7, 11) is 0. The molecule has 0 saturated heterocycles. The van der Waals surface area contributed by atoms with E-state index < -0.39 is 0 Å². The van der Waals surface area contributed by atoms with Crippen LogP contribution in [0.1, 0.15) is 119 Å². The highest BCUT2D eigenvalue weighted by molar-refractivity contribution is 5.91. The summed E-state index contributed by atoms with van der Waals surface area (Å²) in [5.74, 6) is 0. The molecule has 302 valence electrons. The van der Waals surface area contributed by atoms with Crippen molar-refractivity contribution in [2.45, 2.75) is 112 Å². The lowest BCUT2D eigenvalue weighted by atomic mass is 9.78. The summed E-state index contributed by atoms with van der Waals surface area (Å²) in [5.41, 5.74) is 26.0. The van der Waals surface area contributed by atoms with Crippen LogP contribution < -0.4 is 4.90 Å². The number of fused-ring (bicyclic) bond motifs is 6. The van der Waals surface area contributed by atoms with Crippen LogP contribution in [0, 0.1) is 20.8 Å². The molecule has 0 aromatic heterocycles. The number of nitrogens with zero attached hydrogens (tertiary/aromatic N) is 1. The van der Waals surface area contributed by atoms with Crippen molar-refractivity contribution >= 4 is 17.1 Å². The minimum Gasteiger partial charge on any atom is -0.310 e. The minimum absolute atomic E-state index is 0.0880. The second-order valence-electron chi connectivity index (χ2n) is 21.0. The molecule has 0 amide bonds. The van der Waals surface area contributed by atoms with Gasteiger partial charge in [0.05, 0.1) is 0 Å². The van der Waals surface area contributed by atoms with Gasteiger partial charge in [0.1, 0.15) is 0 Å². The highest BCUT2D eigenvalue weighted by Crippen LogP contribution is 2.53. The van der Waals surface area contributed by atoms with Crippen LogP contribution in [0.25, 0.3) is 44.5 Å². The largest absolute Gasteiger partial charge is 0.310 e. The van der Waals surface area contributed by atoms with Crippen LogP contribution in [-0.2, 0) is 21.7 Å². The number of anilines is 3.